The predicted molar refractivity (Wildman–Crippen MR) is 194 cm³/mol. The highest BCUT2D eigenvalue weighted by molar-refractivity contribution is 6.19. The van der Waals surface area contributed by atoms with E-state index in [9.17, 15) is 1.37 Å². The van der Waals surface area contributed by atoms with Gasteiger partial charge in [-0.2, -0.15) is 0 Å². The molecule has 0 bridgehead atoms. The summed E-state index contributed by atoms with van der Waals surface area (Å²) in [5.41, 5.74) is 5.46. The lowest BCUT2D eigenvalue weighted by molar-refractivity contribution is 0.669. The van der Waals surface area contributed by atoms with Crippen molar-refractivity contribution in [2.24, 2.45) is 0 Å². The summed E-state index contributed by atoms with van der Waals surface area (Å²) in [6, 6.07) is 34.8. The quantitative estimate of drug-likeness (QED) is 0.196. The Hall–Kier alpha value is -6.59. The van der Waals surface area contributed by atoms with Crippen molar-refractivity contribution in [3.8, 4) is 45.3 Å². The van der Waals surface area contributed by atoms with Gasteiger partial charge in [0.05, 0.1) is 8.22 Å². The van der Waals surface area contributed by atoms with Crippen LogP contribution in [0, 0.1) is 0 Å². The van der Waals surface area contributed by atoms with E-state index in [0.29, 0.717) is 39.1 Å². The number of furan rings is 2. The van der Waals surface area contributed by atoms with E-state index in [-0.39, 0.29) is 69.6 Å². The summed E-state index contributed by atoms with van der Waals surface area (Å²) in [4.78, 5) is 14.7. The molecule has 10 rings (SSSR count). The molecule has 0 saturated carbocycles. The number of hydrogen-bond donors (Lipinski definition) is 0. The van der Waals surface area contributed by atoms with Crippen LogP contribution in [0.4, 0.5) is 0 Å². The van der Waals surface area contributed by atoms with Crippen molar-refractivity contribution < 1.29 is 17.1 Å². The molecule has 48 heavy (non-hydrogen) atoms. The van der Waals surface area contributed by atoms with Gasteiger partial charge < -0.3 is 8.83 Å². The van der Waals surface area contributed by atoms with Crippen LogP contribution < -0.4 is 0 Å². The first-order chi connectivity index (χ1) is 26.3. The molecule has 0 atom stereocenters. The van der Waals surface area contributed by atoms with Crippen LogP contribution in [0.3, 0.4) is 0 Å². The minimum atomic E-state index is -0.234. The van der Waals surface area contributed by atoms with E-state index in [2.05, 4.69) is 18.2 Å². The molecule has 5 nitrogen and oxygen atoms in total. The van der Waals surface area contributed by atoms with Crippen molar-refractivity contribution in [1.29, 1.82) is 0 Å². The number of aromatic nitrogens is 3. The molecule has 0 amide bonds. The summed E-state index contributed by atoms with van der Waals surface area (Å²) >= 11 is 0. The second-order valence-electron chi connectivity index (χ2n) is 11.5. The Labute approximate surface area is 283 Å². The smallest absolute Gasteiger partial charge is 0.164 e. The first-order valence-corrected chi connectivity index (χ1v) is 15.4. The zero-order valence-electron chi connectivity index (χ0n) is 31.1. The Morgan fingerprint density at radius 1 is 0.438 bits per heavy atom. The molecule has 0 unspecified atom stereocenters. The van der Waals surface area contributed by atoms with Crippen LogP contribution >= 0.6 is 0 Å². The Morgan fingerprint density at radius 2 is 1.19 bits per heavy atom. The Balaban J connectivity index is 1.25. The van der Waals surface area contributed by atoms with Crippen LogP contribution in [-0.4, -0.2) is 15.0 Å². The molecule has 3 heterocycles. The molecule has 5 heteroatoms. The van der Waals surface area contributed by atoms with Crippen molar-refractivity contribution in [2.45, 2.75) is 0 Å². The van der Waals surface area contributed by atoms with Gasteiger partial charge in [-0.1, -0.05) is 121 Å². The maximum atomic E-state index is 9.18. The number of hydrogen-bond acceptors (Lipinski definition) is 5. The van der Waals surface area contributed by atoms with Crippen LogP contribution in [0.25, 0.3) is 99.9 Å². The molecule has 0 fully saturated rings. The Morgan fingerprint density at radius 3 is 2.04 bits per heavy atom. The summed E-state index contributed by atoms with van der Waals surface area (Å²) < 4.78 is 65.3. The molecular weight excluding hydrogens is 590 g/mol. The topological polar surface area (TPSA) is 65.0 Å². The predicted octanol–water partition coefficient (Wildman–Crippen LogP) is 11.5. The third kappa shape index (κ3) is 4.15. The van der Waals surface area contributed by atoms with Gasteiger partial charge in [-0.25, -0.2) is 15.0 Å². The summed E-state index contributed by atoms with van der Waals surface area (Å²) in [7, 11) is 0. The van der Waals surface area contributed by atoms with E-state index in [1.54, 1.807) is 6.07 Å². The molecule has 224 valence electrons. The van der Waals surface area contributed by atoms with E-state index in [0.717, 1.165) is 27.5 Å². The zero-order valence-corrected chi connectivity index (χ0v) is 25.1. The van der Waals surface area contributed by atoms with Crippen LogP contribution in [-0.2, 0) is 0 Å². The van der Waals surface area contributed by atoms with Gasteiger partial charge in [0.1, 0.15) is 22.3 Å². The standard InChI is InChI=1S/C43H25N3O2/c1-3-11-26(12-4-1)30-17-9-19-35-38(30)32-23-22-29(25-37(32)47-35)42-44-41(28-14-5-2-6-15-28)45-43(46-42)34-18-10-20-36-39(34)33-24-21-27-13-7-8-16-31(27)40(33)48-36/h1-25H/i7D,10D,13D,18D,21D,24D. The van der Waals surface area contributed by atoms with E-state index in [1.165, 1.54) is 12.1 Å². The number of fused-ring (bicyclic) bond motifs is 8. The highest BCUT2D eigenvalue weighted by Crippen LogP contribution is 2.41. The van der Waals surface area contributed by atoms with Gasteiger partial charge in [0, 0.05) is 43.6 Å². The normalized spacial score (nSPS) is 13.5. The zero-order chi connectivity index (χ0) is 36.8. The fourth-order valence-corrected chi connectivity index (χ4v) is 6.47. The number of rotatable bonds is 4. The monoisotopic (exact) mass is 621 g/mol. The molecule has 7 aromatic carbocycles. The summed E-state index contributed by atoms with van der Waals surface area (Å²) in [5.74, 6) is 0.733. The van der Waals surface area contributed by atoms with Gasteiger partial charge in [0.15, 0.2) is 17.5 Å². The van der Waals surface area contributed by atoms with Gasteiger partial charge in [-0.15, -0.1) is 0 Å². The van der Waals surface area contributed by atoms with Crippen molar-refractivity contribution in [1.82, 2.24) is 15.0 Å². The minimum Gasteiger partial charge on any atom is -0.456 e. The minimum absolute atomic E-state index is 0.0722. The third-order valence-corrected chi connectivity index (χ3v) is 8.67. The Bertz CT molecular complexity index is 3180. The molecule has 0 aliphatic rings. The first kappa shape index (κ1) is 21.3. The molecule has 0 saturated heterocycles. The molecule has 3 aromatic heterocycles. The molecule has 0 radical (unpaired) electrons. The van der Waals surface area contributed by atoms with Gasteiger partial charge in [-0.3, -0.25) is 0 Å². The lowest BCUT2D eigenvalue weighted by Crippen LogP contribution is -2.00. The van der Waals surface area contributed by atoms with Gasteiger partial charge >= 0.3 is 0 Å². The SMILES string of the molecule is [2H]c1cc2oc3c4ccc([2H])c([2H])c4c([2H])c([2H])c3c2c(-c2nc(-c3ccccc3)nc(-c3ccc4c(c3)oc3cccc(-c5ccccc5)c34)n2)c1[2H]. The molecule has 0 N–H and O–H groups in total. The van der Waals surface area contributed by atoms with Gasteiger partial charge in [0.2, 0.25) is 0 Å². The van der Waals surface area contributed by atoms with Crippen molar-refractivity contribution in [3.05, 3.63) is 152 Å². The van der Waals surface area contributed by atoms with Crippen LogP contribution in [0.2, 0.25) is 0 Å². The van der Waals surface area contributed by atoms with Crippen molar-refractivity contribution >= 4 is 54.6 Å². The average Bonchev–Trinajstić information content (AvgIpc) is 3.77. The lowest BCUT2D eigenvalue weighted by Gasteiger charge is -2.09. The number of benzene rings is 7. The first-order valence-electron chi connectivity index (χ1n) is 18.4. The van der Waals surface area contributed by atoms with Crippen LogP contribution in [0.1, 0.15) is 8.22 Å². The van der Waals surface area contributed by atoms with E-state index >= 15 is 0 Å². The summed E-state index contributed by atoms with van der Waals surface area (Å²) in [6.45, 7) is 0. The van der Waals surface area contributed by atoms with Gasteiger partial charge in [-0.05, 0) is 46.8 Å². The van der Waals surface area contributed by atoms with Crippen molar-refractivity contribution in [2.75, 3.05) is 0 Å². The van der Waals surface area contributed by atoms with E-state index in [1.807, 2.05) is 78.9 Å². The summed E-state index contributed by atoms with van der Waals surface area (Å²) in [5, 5.41) is 3.00. The second-order valence-corrected chi connectivity index (χ2v) is 11.5. The maximum Gasteiger partial charge on any atom is 0.164 e. The van der Waals surface area contributed by atoms with Gasteiger partial charge in [0.25, 0.3) is 0 Å². The highest BCUT2D eigenvalue weighted by Gasteiger charge is 2.20. The maximum absolute atomic E-state index is 9.18. The summed E-state index contributed by atoms with van der Waals surface area (Å²) in [6.07, 6.45) is 0. The molecule has 0 spiro atoms. The van der Waals surface area contributed by atoms with E-state index < -0.39 is 0 Å². The molecule has 0 aliphatic carbocycles. The fourth-order valence-electron chi connectivity index (χ4n) is 6.47. The fraction of sp³-hybridized carbons (Fsp3) is 0. The van der Waals surface area contributed by atoms with Crippen LogP contribution in [0.5, 0.6) is 0 Å². The molecule has 10 aromatic rings. The van der Waals surface area contributed by atoms with Crippen LogP contribution in [0.15, 0.2) is 160 Å². The van der Waals surface area contributed by atoms with E-state index in [4.69, 9.17) is 30.6 Å². The largest absolute Gasteiger partial charge is 0.456 e. The molecule has 0 aliphatic heterocycles. The second kappa shape index (κ2) is 10.5. The highest BCUT2D eigenvalue weighted by atomic mass is 16.3. The third-order valence-electron chi connectivity index (χ3n) is 8.67. The Kier molecular flexibility index (Phi) is 4.64. The average molecular weight is 622 g/mol. The lowest BCUT2D eigenvalue weighted by atomic mass is 9.99. The molecular formula is C43H25N3O2. The number of nitrogens with zero attached hydrogens (tertiary/aromatic N) is 3. The van der Waals surface area contributed by atoms with Crippen molar-refractivity contribution in [3.63, 3.8) is 0 Å².